The van der Waals surface area contributed by atoms with Crippen LogP contribution in [-0.2, 0) is 9.53 Å². The molecule has 0 saturated heterocycles. The Morgan fingerprint density at radius 1 is 0.969 bits per heavy atom. The molecule has 2 amide bonds. The molecule has 2 N–H and O–H groups in total. The number of rotatable bonds is 9. The average molecular weight is 442 g/mol. The minimum absolute atomic E-state index is 0.0421. The van der Waals surface area contributed by atoms with Gasteiger partial charge in [-0.15, -0.1) is 0 Å². The van der Waals surface area contributed by atoms with Gasteiger partial charge in [0, 0.05) is 5.70 Å². The summed E-state index contributed by atoms with van der Waals surface area (Å²) < 4.78 is 27.1. The van der Waals surface area contributed by atoms with Crippen molar-refractivity contribution in [3.63, 3.8) is 0 Å². The Morgan fingerprint density at radius 3 is 2.22 bits per heavy atom. The van der Waals surface area contributed by atoms with E-state index in [1.807, 2.05) is 30.3 Å². The van der Waals surface area contributed by atoms with E-state index in [1.165, 1.54) is 21.3 Å². The van der Waals surface area contributed by atoms with Crippen molar-refractivity contribution in [2.75, 3.05) is 34.5 Å². The standard InChI is InChI=1S/C23H26N2O7/c1-14-19(22(26)32-11-10-31-16-8-6-5-7-9-16)20(25-23(27)24-14)15-12-17(28-2)21(30-4)18(13-15)29-3/h5-9,12-13,20H,10-11H2,1-4H3,(H2,24,25,27)/t20-/m1/s1. The number of hydrogen-bond donors (Lipinski definition) is 2. The second-order valence-electron chi connectivity index (χ2n) is 6.83. The largest absolute Gasteiger partial charge is 0.493 e. The highest BCUT2D eigenvalue weighted by atomic mass is 16.6. The Morgan fingerprint density at radius 2 is 1.62 bits per heavy atom. The zero-order valence-electron chi connectivity index (χ0n) is 18.4. The van der Waals surface area contributed by atoms with Gasteiger partial charge in [-0.05, 0) is 36.8 Å². The number of para-hydroxylation sites is 1. The van der Waals surface area contributed by atoms with E-state index >= 15 is 0 Å². The van der Waals surface area contributed by atoms with Crippen LogP contribution in [0.1, 0.15) is 18.5 Å². The summed E-state index contributed by atoms with van der Waals surface area (Å²) in [4.78, 5) is 25.1. The fourth-order valence-corrected chi connectivity index (χ4v) is 3.37. The van der Waals surface area contributed by atoms with Crippen LogP contribution in [0.25, 0.3) is 0 Å². The molecule has 1 aliphatic heterocycles. The number of amides is 2. The number of carbonyl (C=O) groups excluding carboxylic acids is 2. The van der Waals surface area contributed by atoms with Gasteiger partial charge in [-0.3, -0.25) is 0 Å². The Bertz CT molecular complexity index is 980. The van der Waals surface area contributed by atoms with Gasteiger partial charge >= 0.3 is 12.0 Å². The molecule has 9 nitrogen and oxygen atoms in total. The quantitative estimate of drug-likeness (QED) is 0.454. The first-order chi connectivity index (χ1) is 15.5. The maximum absolute atomic E-state index is 12.9. The van der Waals surface area contributed by atoms with Crippen LogP contribution in [0.3, 0.4) is 0 Å². The number of nitrogens with one attached hydrogen (secondary N) is 2. The number of benzene rings is 2. The summed E-state index contributed by atoms with van der Waals surface area (Å²) >= 11 is 0. The molecule has 1 aliphatic rings. The number of esters is 1. The van der Waals surface area contributed by atoms with Crippen LogP contribution < -0.4 is 29.6 Å². The first kappa shape index (κ1) is 22.8. The SMILES string of the molecule is COc1cc([C@H]2NC(=O)NC(C)=C2C(=O)OCCOc2ccccc2)cc(OC)c1OC. The maximum Gasteiger partial charge on any atom is 0.338 e. The van der Waals surface area contributed by atoms with Gasteiger partial charge in [0.05, 0.1) is 32.9 Å². The third-order valence-electron chi connectivity index (χ3n) is 4.84. The molecule has 0 saturated carbocycles. The van der Waals surface area contributed by atoms with E-state index < -0.39 is 18.0 Å². The smallest absolute Gasteiger partial charge is 0.338 e. The summed E-state index contributed by atoms with van der Waals surface area (Å²) in [6.45, 7) is 1.87. The van der Waals surface area contributed by atoms with Gasteiger partial charge in [-0.25, -0.2) is 9.59 Å². The van der Waals surface area contributed by atoms with E-state index in [1.54, 1.807) is 19.1 Å². The molecule has 0 spiro atoms. The molecule has 0 aromatic heterocycles. The van der Waals surface area contributed by atoms with E-state index in [0.717, 1.165) is 0 Å². The van der Waals surface area contributed by atoms with E-state index in [0.29, 0.717) is 34.3 Å². The molecule has 2 aromatic carbocycles. The number of urea groups is 1. The molecule has 1 atom stereocenters. The number of carbonyl (C=O) groups is 2. The van der Waals surface area contributed by atoms with Crippen molar-refractivity contribution in [2.24, 2.45) is 0 Å². The van der Waals surface area contributed by atoms with Gasteiger partial charge in [-0.1, -0.05) is 18.2 Å². The Hall–Kier alpha value is -3.88. The van der Waals surface area contributed by atoms with Crippen molar-refractivity contribution in [3.8, 4) is 23.0 Å². The highest BCUT2D eigenvalue weighted by Gasteiger charge is 2.33. The molecule has 0 fully saturated rings. The monoisotopic (exact) mass is 442 g/mol. The van der Waals surface area contributed by atoms with Crippen LogP contribution in [-0.4, -0.2) is 46.5 Å². The van der Waals surface area contributed by atoms with Gasteiger partial charge < -0.3 is 34.3 Å². The molecular formula is C23H26N2O7. The van der Waals surface area contributed by atoms with Crippen LogP contribution in [0.4, 0.5) is 4.79 Å². The molecule has 32 heavy (non-hydrogen) atoms. The molecule has 1 heterocycles. The average Bonchev–Trinajstić information content (AvgIpc) is 2.80. The van der Waals surface area contributed by atoms with Crippen LogP contribution in [0, 0.1) is 0 Å². The third kappa shape index (κ3) is 5.05. The molecule has 9 heteroatoms. The van der Waals surface area contributed by atoms with Gasteiger partial charge in [0.1, 0.15) is 19.0 Å². The summed E-state index contributed by atoms with van der Waals surface area (Å²) in [5.41, 5.74) is 1.22. The molecule has 170 valence electrons. The number of methoxy groups -OCH3 is 3. The van der Waals surface area contributed by atoms with Crippen molar-refractivity contribution in [3.05, 3.63) is 59.3 Å². The molecular weight excluding hydrogens is 416 g/mol. The molecule has 0 unspecified atom stereocenters. The van der Waals surface area contributed by atoms with E-state index in [9.17, 15) is 9.59 Å². The van der Waals surface area contributed by atoms with Crippen LogP contribution in [0.2, 0.25) is 0 Å². The third-order valence-corrected chi connectivity index (χ3v) is 4.84. The predicted octanol–water partition coefficient (Wildman–Crippen LogP) is 2.96. The topological polar surface area (TPSA) is 104 Å². The predicted molar refractivity (Wildman–Crippen MR) is 116 cm³/mol. The Balaban J connectivity index is 1.81. The fourth-order valence-electron chi connectivity index (χ4n) is 3.37. The fraction of sp³-hybridized carbons (Fsp3) is 0.304. The summed E-state index contributed by atoms with van der Waals surface area (Å²) in [6.07, 6.45) is 0. The number of ether oxygens (including phenoxy) is 5. The van der Waals surface area contributed by atoms with Crippen molar-refractivity contribution < 1.29 is 33.3 Å². The van der Waals surface area contributed by atoms with Crippen LogP contribution in [0.5, 0.6) is 23.0 Å². The minimum atomic E-state index is -0.778. The second-order valence-corrected chi connectivity index (χ2v) is 6.83. The van der Waals surface area contributed by atoms with Crippen molar-refractivity contribution in [2.45, 2.75) is 13.0 Å². The zero-order valence-corrected chi connectivity index (χ0v) is 18.4. The first-order valence-corrected chi connectivity index (χ1v) is 9.91. The van der Waals surface area contributed by atoms with Gasteiger partial charge in [0.25, 0.3) is 0 Å². The highest BCUT2D eigenvalue weighted by Crippen LogP contribution is 2.41. The van der Waals surface area contributed by atoms with Gasteiger partial charge in [0.15, 0.2) is 11.5 Å². The Kier molecular flexibility index (Phi) is 7.43. The normalized spacial score (nSPS) is 15.4. The lowest BCUT2D eigenvalue weighted by Crippen LogP contribution is -2.45. The van der Waals surface area contributed by atoms with Crippen LogP contribution in [0.15, 0.2) is 53.7 Å². The lowest BCUT2D eigenvalue weighted by atomic mass is 9.95. The lowest BCUT2D eigenvalue weighted by molar-refractivity contribution is -0.140. The second kappa shape index (κ2) is 10.4. The molecule has 0 aliphatic carbocycles. The number of allylic oxidation sites excluding steroid dienone is 1. The van der Waals surface area contributed by atoms with Crippen molar-refractivity contribution >= 4 is 12.0 Å². The maximum atomic E-state index is 12.9. The molecule has 3 rings (SSSR count). The summed E-state index contributed by atoms with van der Waals surface area (Å²) in [5, 5.41) is 5.37. The molecule has 2 aromatic rings. The van der Waals surface area contributed by atoms with E-state index in [4.69, 9.17) is 23.7 Å². The summed E-state index contributed by atoms with van der Waals surface area (Å²) in [5.74, 6) is 1.31. The molecule has 0 radical (unpaired) electrons. The highest BCUT2D eigenvalue weighted by molar-refractivity contribution is 5.95. The van der Waals surface area contributed by atoms with Gasteiger partial charge in [0.2, 0.25) is 5.75 Å². The number of hydrogen-bond acceptors (Lipinski definition) is 7. The zero-order chi connectivity index (χ0) is 23.1. The van der Waals surface area contributed by atoms with Gasteiger partial charge in [-0.2, -0.15) is 0 Å². The first-order valence-electron chi connectivity index (χ1n) is 9.91. The minimum Gasteiger partial charge on any atom is -0.493 e. The van der Waals surface area contributed by atoms with E-state index in [2.05, 4.69) is 10.6 Å². The summed E-state index contributed by atoms with van der Waals surface area (Å²) in [6, 6.07) is 11.4. The Labute approximate surface area is 186 Å². The van der Waals surface area contributed by atoms with Crippen molar-refractivity contribution in [1.29, 1.82) is 0 Å². The molecule has 0 bridgehead atoms. The van der Waals surface area contributed by atoms with E-state index in [-0.39, 0.29) is 18.8 Å². The summed E-state index contributed by atoms with van der Waals surface area (Å²) in [7, 11) is 4.48. The van der Waals surface area contributed by atoms with Crippen molar-refractivity contribution in [1.82, 2.24) is 10.6 Å². The lowest BCUT2D eigenvalue weighted by Gasteiger charge is -2.29. The van der Waals surface area contributed by atoms with Crippen LogP contribution >= 0.6 is 0 Å².